The molecule has 0 aliphatic heterocycles. The van der Waals surface area contributed by atoms with Crippen LogP contribution in [0.2, 0.25) is 0 Å². The van der Waals surface area contributed by atoms with Crippen molar-refractivity contribution in [1.29, 1.82) is 0 Å². The van der Waals surface area contributed by atoms with Gasteiger partial charge in [-0.25, -0.2) is 19.0 Å². The molecular weight excluding hydrogens is 501 g/mol. The van der Waals surface area contributed by atoms with Crippen molar-refractivity contribution in [1.82, 2.24) is 24.1 Å². The molecule has 0 saturated heterocycles. The maximum absolute atomic E-state index is 13.6. The Morgan fingerprint density at radius 1 is 0.949 bits per heavy atom. The average molecular weight is 530 g/mol. The second-order valence-corrected chi connectivity index (χ2v) is 8.96. The molecule has 0 unspecified atom stereocenters. The van der Waals surface area contributed by atoms with Gasteiger partial charge in [-0.05, 0) is 47.5 Å². The molecule has 5 rings (SSSR count). The van der Waals surface area contributed by atoms with Gasteiger partial charge in [0.05, 0.1) is 24.7 Å². The van der Waals surface area contributed by atoms with E-state index in [0.717, 1.165) is 22.2 Å². The molecule has 39 heavy (non-hydrogen) atoms. The van der Waals surface area contributed by atoms with Crippen LogP contribution in [0.15, 0.2) is 82.4 Å². The van der Waals surface area contributed by atoms with Crippen molar-refractivity contribution in [3.8, 4) is 5.75 Å². The number of aromatic nitrogens is 5. The summed E-state index contributed by atoms with van der Waals surface area (Å²) in [4.78, 5) is 38.4. The van der Waals surface area contributed by atoms with Gasteiger partial charge >= 0.3 is 11.4 Å². The maximum Gasteiger partial charge on any atom is 0.352 e. The molecule has 3 aromatic carbocycles. The molecule has 0 aliphatic carbocycles. The minimum Gasteiger partial charge on any atom is -0.497 e. The van der Waals surface area contributed by atoms with Crippen LogP contribution < -0.4 is 26.3 Å². The molecule has 200 valence electrons. The average Bonchev–Trinajstić information content (AvgIpc) is 3.31. The van der Waals surface area contributed by atoms with E-state index in [1.165, 1.54) is 16.7 Å². The summed E-state index contributed by atoms with van der Waals surface area (Å²) in [7, 11) is 3.39. The highest BCUT2D eigenvalue weighted by molar-refractivity contribution is 5.78. The summed E-state index contributed by atoms with van der Waals surface area (Å²) in [6.45, 7) is 1.33. The summed E-state index contributed by atoms with van der Waals surface area (Å²) >= 11 is 0. The van der Waals surface area contributed by atoms with E-state index in [9.17, 15) is 14.0 Å². The van der Waals surface area contributed by atoms with Gasteiger partial charge in [-0.2, -0.15) is 4.98 Å². The number of rotatable bonds is 10. The number of para-hydroxylation sites is 2. The van der Waals surface area contributed by atoms with Crippen LogP contribution >= 0.6 is 0 Å². The molecule has 0 atom stereocenters. The molecule has 11 heteroatoms. The van der Waals surface area contributed by atoms with Crippen molar-refractivity contribution >= 4 is 22.9 Å². The van der Waals surface area contributed by atoms with E-state index in [1.54, 1.807) is 38.4 Å². The number of methoxy groups -OCH3 is 1. The Hall–Kier alpha value is -4.93. The number of hydrogen-bond donors (Lipinski definition) is 2. The molecule has 2 aromatic heterocycles. The lowest BCUT2D eigenvalue weighted by molar-refractivity contribution is 0.414. The minimum absolute atomic E-state index is 0.178. The molecule has 2 N–H and O–H groups in total. The number of nitrogens with one attached hydrogen (secondary N) is 2. The van der Waals surface area contributed by atoms with Crippen molar-refractivity contribution in [2.45, 2.75) is 19.6 Å². The number of benzene rings is 3. The van der Waals surface area contributed by atoms with Crippen LogP contribution in [0.5, 0.6) is 5.75 Å². The first-order valence-corrected chi connectivity index (χ1v) is 12.4. The highest BCUT2D eigenvalue weighted by Gasteiger charge is 2.19. The summed E-state index contributed by atoms with van der Waals surface area (Å²) in [6, 6.07) is 21.2. The van der Waals surface area contributed by atoms with Crippen molar-refractivity contribution < 1.29 is 9.13 Å². The lowest BCUT2D eigenvalue weighted by atomic mass is 10.2. The van der Waals surface area contributed by atoms with Crippen molar-refractivity contribution in [2.75, 3.05) is 30.9 Å². The number of imidazole rings is 1. The van der Waals surface area contributed by atoms with Crippen LogP contribution in [-0.4, -0.2) is 44.8 Å². The topological polar surface area (TPSA) is 110 Å². The van der Waals surface area contributed by atoms with Crippen molar-refractivity contribution in [3.63, 3.8) is 0 Å². The lowest BCUT2D eigenvalue weighted by Gasteiger charge is -2.26. The first-order chi connectivity index (χ1) is 18.9. The smallest absolute Gasteiger partial charge is 0.352 e. The number of fused-ring (bicyclic) bond motifs is 1. The van der Waals surface area contributed by atoms with E-state index in [0.29, 0.717) is 31.3 Å². The number of H-pyrrole nitrogens is 1. The van der Waals surface area contributed by atoms with Crippen molar-refractivity contribution in [2.24, 2.45) is 0 Å². The van der Waals surface area contributed by atoms with E-state index in [1.807, 2.05) is 45.9 Å². The quantitative estimate of drug-likeness (QED) is 0.286. The summed E-state index contributed by atoms with van der Waals surface area (Å²) in [5, 5.41) is 3.13. The third kappa shape index (κ3) is 5.66. The van der Waals surface area contributed by atoms with Gasteiger partial charge in [0.1, 0.15) is 11.6 Å². The van der Waals surface area contributed by atoms with Crippen LogP contribution in [0, 0.1) is 5.82 Å². The molecule has 5 aromatic rings. The fraction of sp³-hybridized carbons (Fsp3) is 0.214. The summed E-state index contributed by atoms with van der Waals surface area (Å²) in [5.41, 5.74) is 2.10. The molecule has 0 spiro atoms. The van der Waals surface area contributed by atoms with Crippen LogP contribution in [-0.2, 0) is 19.6 Å². The van der Waals surface area contributed by atoms with Gasteiger partial charge in [-0.1, -0.05) is 36.4 Å². The van der Waals surface area contributed by atoms with E-state index in [-0.39, 0.29) is 18.3 Å². The zero-order valence-electron chi connectivity index (χ0n) is 21.6. The van der Waals surface area contributed by atoms with Gasteiger partial charge in [0.15, 0.2) is 0 Å². The lowest BCUT2D eigenvalue weighted by Crippen LogP contribution is -2.40. The predicted octanol–water partition coefficient (Wildman–Crippen LogP) is 3.23. The Labute approximate surface area is 223 Å². The second-order valence-electron chi connectivity index (χ2n) is 8.96. The second kappa shape index (κ2) is 11.2. The first kappa shape index (κ1) is 25.7. The maximum atomic E-state index is 13.6. The van der Waals surface area contributed by atoms with Crippen molar-refractivity contribution in [3.05, 3.63) is 111 Å². The largest absolute Gasteiger partial charge is 0.497 e. The van der Waals surface area contributed by atoms with E-state index in [4.69, 9.17) is 4.74 Å². The zero-order valence-corrected chi connectivity index (χ0v) is 21.6. The van der Waals surface area contributed by atoms with Gasteiger partial charge < -0.3 is 19.5 Å². The normalized spacial score (nSPS) is 11.1. The van der Waals surface area contributed by atoms with E-state index in [2.05, 4.69) is 20.3 Å². The molecule has 0 radical (unpaired) electrons. The minimum atomic E-state index is -0.742. The highest BCUT2D eigenvalue weighted by Crippen LogP contribution is 2.21. The van der Waals surface area contributed by atoms with Gasteiger partial charge in [-0.15, -0.1) is 0 Å². The first-order valence-electron chi connectivity index (χ1n) is 12.4. The van der Waals surface area contributed by atoms with Gasteiger partial charge in [0, 0.05) is 26.7 Å². The summed E-state index contributed by atoms with van der Waals surface area (Å²) in [5.74, 6) is 1.24. The van der Waals surface area contributed by atoms with Crippen LogP contribution in [0.4, 0.5) is 16.3 Å². The van der Waals surface area contributed by atoms with Gasteiger partial charge in [0.2, 0.25) is 11.9 Å². The molecule has 2 heterocycles. The number of halogens is 1. The Morgan fingerprint density at radius 3 is 2.38 bits per heavy atom. The fourth-order valence-corrected chi connectivity index (χ4v) is 4.50. The molecule has 0 aliphatic rings. The van der Waals surface area contributed by atoms with E-state index < -0.39 is 11.4 Å². The van der Waals surface area contributed by atoms with Gasteiger partial charge in [-0.3, -0.25) is 9.55 Å². The fourth-order valence-electron chi connectivity index (χ4n) is 4.50. The molecule has 0 saturated carbocycles. The van der Waals surface area contributed by atoms with Gasteiger partial charge in [0.25, 0.3) is 0 Å². The summed E-state index contributed by atoms with van der Waals surface area (Å²) < 4.78 is 22.3. The Morgan fingerprint density at radius 2 is 1.67 bits per heavy atom. The number of hydrogen-bond acceptors (Lipinski definition) is 7. The van der Waals surface area contributed by atoms with E-state index >= 15 is 0 Å². The van der Waals surface area contributed by atoms with Crippen LogP contribution in [0.1, 0.15) is 11.1 Å². The number of anilines is 2. The molecule has 0 bridgehead atoms. The monoisotopic (exact) mass is 529 g/mol. The number of ether oxygens (including phenoxy) is 1. The highest BCUT2D eigenvalue weighted by atomic mass is 19.1. The molecule has 0 amide bonds. The third-order valence-corrected chi connectivity index (χ3v) is 6.44. The SMILES string of the molecule is CNc1nc2ccccc2n1CCN(Cc1ccc(F)cc1)c1nc(=O)[nH]c(=O)n1Cc1ccc(OC)cc1. The molecule has 10 nitrogen and oxygen atoms in total. The number of nitrogens with zero attached hydrogens (tertiary/aromatic N) is 5. The third-order valence-electron chi connectivity index (χ3n) is 6.44. The molecule has 0 fully saturated rings. The number of aromatic amines is 1. The zero-order chi connectivity index (χ0) is 27.4. The Balaban J connectivity index is 1.55. The van der Waals surface area contributed by atoms with Crippen LogP contribution in [0.3, 0.4) is 0 Å². The predicted molar refractivity (Wildman–Crippen MR) is 148 cm³/mol. The van der Waals surface area contributed by atoms with Crippen LogP contribution in [0.25, 0.3) is 11.0 Å². The summed E-state index contributed by atoms with van der Waals surface area (Å²) in [6.07, 6.45) is 0. The Kier molecular flexibility index (Phi) is 7.39. The standard InChI is InChI=1S/C28H28FN7O3/c1-30-25-31-23-5-3-4-6-24(23)35(25)16-15-34(17-19-7-11-21(29)12-8-19)27-32-26(37)33-28(38)36(27)18-20-9-13-22(39-2)14-10-20/h3-14H,15-18H2,1-2H3,(H,30,31)(H,33,37,38). The Bertz CT molecular complexity index is 1690. The molecular formula is C28H28FN7O3.